The van der Waals surface area contributed by atoms with Crippen molar-refractivity contribution < 1.29 is 13.9 Å². The molecule has 4 aromatic rings. The van der Waals surface area contributed by atoms with E-state index in [2.05, 4.69) is 42.5 Å². The molecule has 0 spiro atoms. The Labute approximate surface area is 182 Å². The van der Waals surface area contributed by atoms with Crippen LogP contribution < -0.4 is 0 Å². The number of fused-ring (bicyclic) bond motifs is 4. The lowest BCUT2D eigenvalue weighted by molar-refractivity contribution is 0.0970. The van der Waals surface area contributed by atoms with Gasteiger partial charge in [0.2, 0.25) is 0 Å². The molecule has 0 saturated heterocycles. The van der Waals surface area contributed by atoms with Crippen molar-refractivity contribution >= 4 is 17.1 Å². The molecule has 0 aliphatic heterocycles. The summed E-state index contributed by atoms with van der Waals surface area (Å²) in [6.07, 6.45) is 2.15. The van der Waals surface area contributed by atoms with E-state index in [0.717, 1.165) is 17.4 Å². The molecular weight excluding hydrogens is 386 g/mol. The quantitative estimate of drug-likeness (QED) is 0.390. The summed E-state index contributed by atoms with van der Waals surface area (Å²) in [5.41, 5.74) is 6.95. The van der Waals surface area contributed by atoms with Crippen molar-refractivity contribution in [2.24, 2.45) is 0 Å². The molecule has 31 heavy (non-hydrogen) atoms. The number of amides is 1. The lowest BCUT2D eigenvalue weighted by Gasteiger charge is -2.25. The number of benzene rings is 3. The Morgan fingerprint density at radius 2 is 1.68 bits per heavy atom. The van der Waals surface area contributed by atoms with Gasteiger partial charge in [0.05, 0.1) is 6.26 Å². The van der Waals surface area contributed by atoms with Crippen molar-refractivity contribution in [1.29, 1.82) is 0 Å². The van der Waals surface area contributed by atoms with Crippen molar-refractivity contribution in [3.05, 3.63) is 95.7 Å². The number of furan rings is 1. The highest BCUT2D eigenvalue weighted by molar-refractivity contribution is 5.79. The average Bonchev–Trinajstić information content (AvgIpc) is 3.39. The van der Waals surface area contributed by atoms with Gasteiger partial charge in [-0.3, -0.25) is 0 Å². The van der Waals surface area contributed by atoms with Gasteiger partial charge in [-0.05, 0) is 59.4 Å². The molecular formula is C27H25NO3. The van der Waals surface area contributed by atoms with E-state index in [1.54, 1.807) is 18.2 Å². The maximum absolute atomic E-state index is 12.8. The molecule has 1 atom stereocenters. The maximum atomic E-state index is 12.8. The molecule has 1 amide bonds. The standard InChI is InChI=1S/C27H25NO3/c1-18(15-19-11-12-26-20(16-19)13-14-30-26)28(2)27(29)31-17-25-23-9-5-3-7-21(23)22-8-4-6-10-24(22)25/h3-14,16,18,25H,15,17H2,1-2H3/t18-/m1/s1. The van der Waals surface area contributed by atoms with Crippen LogP contribution in [0.25, 0.3) is 22.1 Å². The van der Waals surface area contributed by atoms with Gasteiger partial charge in [-0.1, -0.05) is 54.6 Å². The van der Waals surface area contributed by atoms with E-state index in [9.17, 15) is 4.79 Å². The normalized spacial score (nSPS) is 13.6. The van der Waals surface area contributed by atoms with E-state index in [-0.39, 0.29) is 18.1 Å². The van der Waals surface area contributed by atoms with E-state index < -0.39 is 0 Å². The van der Waals surface area contributed by atoms with Gasteiger partial charge in [-0.25, -0.2) is 4.79 Å². The fourth-order valence-corrected chi connectivity index (χ4v) is 4.50. The number of carbonyl (C=O) groups is 1. The third-order valence-corrected chi connectivity index (χ3v) is 6.33. The first kappa shape index (κ1) is 19.4. The predicted octanol–water partition coefficient (Wildman–Crippen LogP) is 6.24. The van der Waals surface area contributed by atoms with Crippen LogP contribution in [0.4, 0.5) is 4.79 Å². The number of hydrogen-bond acceptors (Lipinski definition) is 3. The van der Waals surface area contributed by atoms with Crippen molar-refractivity contribution in [3.8, 4) is 11.1 Å². The average molecular weight is 412 g/mol. The zero-order chi connectivity index (χ0) is 21.4. The first-order valence-corrected chi connectivity index (χ1v) is 10.7. The lowest BCUT2D eigenvalue weighted by atomic mass is 9.98. The first-order valence-electron chi connectivity index (χ1n) is 10.7. The number of carbonyl (C=O) groups excluding carboxylic acids is 1. The zero-order valence-electron chi connectivity index (χ0n) is 17.7. The van der Waals surface area contributed by atoms with Crippen LogP contribution in [-0.4, -0.2) is 30.7 Å². The number of nitrogens with zero attached hydrogens (tertiary/aromatic N) is 1. The summed E-state index contributed by atoms with van der Waals surface area (Å²) in [4.78, 5) is 14.5. The Kier molecular flexibility index (Phi) is 4.99. The molecule has 0 bridgehead atoms. The highest BCUT2D eigenvalue weighted by Crippen LogP contribution is 2.44. The molecule has 156 valence electrons. The molecule has 0 unspecified atom stereocenters. The summed E-state index contributed by atoms with van der Waals surface area (Å²) in [5.74, 6) is 0.0727. The SMILES string of the molecule is C[C@H](Cc1ccc2occc2c1)N(C)C(=O)OCC1c2ccccc2-c2ccccc21. The lowest BCUT2D eigenvalue weighted by Crippen LogP contribution is -2.37. The van der Waals surface area contributed by atoms with Crippen molar-refractivity contribution in [2.75, 3.05) is 13.7 Å². The van der Waals surface area contributed by atoms with Crippen LogP contribution in [0.2, 0.25) is 0 Å². The van der Waals surface area contributed by atoms with Crippen LogP contribution >= 0.6 is 0 Å². The summed E-state index contributed by atoms with van der Waals surface area (Å²) >= 11 is 0. The van der Waals surface area contributed by atoms with Crippen molar-refractivity contribution in [3.63, 3.8) is 0 Å². The van der Waals surface area contributed by atoms with Gasteiger partial charge in [-0.2, -0.15) is 0 Å². The van der Waals surface area contributed by atoms with Gasteiger partial charge in [0, 0.05) is 24.4 Å². The number of ether oxygens (including phenoxy) is 1. The Bertz CT molecular complexity index is 1200. The molecule has 4 nitrogen and oxygen atoms in total. The third kappa shape index (κ3) is 3.59. The largest absolute Gasteiger partial charge is 0.464 e. The van der Waals surface area contributed by atoms with E-state index >= 15 is 0 Å². The summed E-state index contributed by atoms with van der Waals surface area (Å²) in [7, 11) is 1.81. The second-order valence-corrected chi connectivity index (χ2v) is 8.26. The summed E-state index contributed by atoms with van der Waals surface area (Å²) in [6.45, 7) is 2.38. The van der Waals surface area contributed by atoms with E-state index in [0.29, 0.717) is 6.61 Å². The minimum absolute atomic E-state index is 0.0139. The van der Waals surface area contributed by atoms with Gasteiger partial charge in [0.1, 0.15) is 12.2 Å². The van der Waals surface area contributed by atoms with Gasteiger partial charge in [-0.15, -0.1) is 0 Å². The third-order valence-electron chi connectivity index (χ3n) is 6.33. The molecule has 1 aliphatic rings. The molecule has 0 N–H and O–H groups in total. The van der Waals surface area contributed by atoms with Crippen molar-refractivity contribution in [2.45, 2.75) is 25.3 Å². The fourth-order valence-electron chi connectivity index (χ4n) is 4.50. The molecule has 0 radical (unpaired) electrons. The highest BCUT2D eigenvalue weighted by atomic mass is 16.6. The molecule has 1 aliphatic carbocycles. The number of hydrogen-bond donors (Lipinski definition) is 0. The highest BCUT2D eigenvalue weighted by Gasteiger charge is 2.29. The topological polar surface area (TPSA) is 42.7 Å². The van der Waals surface area contributed by atoms with Crippen LogP contribution in [-0.2, 0) is 11.2 Å². The minimum Gasteiger partial charge on any atom is -0.464 e. The zero-order valence-corrected chi connectivity index (χ0v) is 17.7. The summed E-state index contributed by atoms with van der Waals surface area (Å²) in [5, 5.41) is 1.08. The molecule has 1 heterocycles. The van der Waals surface area contributed by atoms with Gasteiger partial charge >= 0.3 is 6.09 Å². The fraction of sp³-hybridized carbons (Fsp3) is 0.222. The minimum atomic E-state index is -0.293. The Hall–Kier alpha value is -3.53. The molecule has 5 rings (SSSR count). The van der Waals surface area contributed by atoms with Crippen molar-refractivity contribution in [1.82, 2.24) is 4.90 Å². The molecule has 4 heteroatoms. The number of rotatable bonds is 5. The predicted molar refractivity (Wildman–Crippen MR) is 122 cm³/mol. The van der Waals surface area contributed by atoms with Crippen LogP contribution in [0.3, 0.4) is 0 Å². The molecule has 3 aromatic carbocycles. The Morgan fingerprint density at radius 3 is 2.39 bits per heavy atom. The van der Waals surface area contributed by atoms with Crippen LogP contribution in [0.15, 0.2) is 83.5 Å². The van der Waals surface area contributed by atoms with Gasteiger partial charge in [0.25, 0.3) is 0 Å². The van der Waals surface area contributed by atoms with Gasteiger partial charge in [0.15, 0.2) is 0 Å². The van der Waals surface area contributed by atoms with Gasteiger partial charge < -0.3 is 14.1 Å². The van der Waals surface area contributed by atoms with Crippen LogP contribution in [0.1, 0.15) is 29.5 Å². The smallest absolute Gasteiger partial charge is 0.409 e. The van der Waals surface area contributed by atoms with E-state index in [1.807, 2.05) is 37.3 Å². The van der Waals surface area contributed by atoms with E-state index in [1.165, 1.54) is 27.8 Å². The molecule has 0 saturated carbocycles. The number of likely N-dealkylation sites (N-methyl/N-ethyl adjacent to an activating group) is 1. The first-order chi connectivity index (χ1) is 15.1. The summed E-state index contributed by atoms with van der Waals surface area (Å²) in [6, 6.07) is 24.9. The second kappa shape index (κ2) is 7.95. The van der Waals surface area contributed by atoms with Crippen LogP contribution in [0.5, 0.6) is 0 Å². The Morgan fingerprint density at radius 1 is 1.00 bits per heavy atom. The molecule has 1 aromatic heterocycles. The van der Waals surface area contributed by atoms with Crippen LogP contribution in [0, 0.1) is 0 Å². The maximum Gasteiger partial charge on any atom is 0.409 e. The monoisotopic (exact) mass is 411 g/mol. The summed E-state index contributed by atoms with van der Waals surface area (Å²) < 4.78 is 11.2. The van der Waals surface area contributed by atoms with E-state index in [4.69, 9.17) is 9.15 Å². The second-order valence-electron chi connectivity index (χ2n) is 8.26. The molecule has 0 fully saturated rings. The Balaban J connectivity index is 1.26.